The fourth-order valence-electron chi connectivity index (χ4n) is 2.37. The first-order valence-corrected chi connectivity index (χ1v) is 7.47. The van der Waals surface area contributed by atoms with Gasteiger partial charge in [0.25, 0.3) is 0 Å². The first-order valence-electron chi connectivity index (χ1n) is 6.34. The lowest BCUT2D eigenvalue weighted by atomic mass is 10.1. The summed E-state index contributed by atoms with van der Waals surface area (Å²) in [7, 11) is 1.84. The van der Waals surface area contributed by atoms with Gasteiger partial charge < -0.3 is 5.32 Å². The van der Waals surface area contributed by atoms with Crippen LogP contribution in [0, 0.1) is 6.92 Å². The molecule has 0 aliphatic heterocycles. The number of pyridine rings is 1. The molecule has 3 aromatic rings. The first kappa shape index (κ1) is 14.5. The number of rotatable bonds is 2. The zero-order chi connectivity index (χ0) is 15.1. The largest absolute Gasteiger partial charge is 0.374 e. The topological polar surface area (TPSA) is 29.3 Å². The Morgan fingerprint density at radius 2 is 1.71 bits per heavy atom. The Morgan fingerprint density at radius 1 is 1.05 bits per heavy atom. The Kier molecular flexibility index (Phi) is 3.74. The van der Waals surface area contributed by atoms with E-state index < -0.39 is 0 Å². The minimum atomic E-state index is 0.569. The molecule has 21 heavy (non-hydrogen) atoms. The van der Waals surface area contributed by atoms with Crippen LogP contribution in [0.4, 0.5) is 5.82 Å². The minimum absolute atomic E-state index is 0.569. The summed E-state index contributed by atoms with van der Waals surface area (Å²) in [4.78, 5) is 4.55. The number of nitrogens with one attached hydrogen (secondary N) is 1. The summed E-state index contributed by atoms with van der Waals surface area (Å²) in [6.07, 6.45) is 0. The van der Waals surface area contributed by atoms with Crippen LogP contribution in [-0.2, 0) is 0 Å². The minimum Gasteiger partial charge on any atom is -0.374 e. The van der Waals surface area contributed by atoms with Gasteiger partial charge in [-0.15, -0.1) is 0 Å². The van der Waals surface area contributed by atoms with E-state index in [1.165, 1.54) is 0 Å². The summed E-state index contributed by atoms with van der Waals surface area (Å²) in [5.74, 6) is 0.850. The maximum Gasteiger partial charge on any atom is 0.147 e. The Labute approximate surface area is 137 Å². The lowest BCUT2D eigenvalue weighted by molar-refractivity contribution is 1.17. The molecule has 3 nitrogen and oxygen atoms in total. The average molecular weight is 341 g/mol. The van der Waals surface area contributed by atoms with Crippen LogP contribution >= 0.6 is 34.8 Å². The van der Waals surface area contributed by atoms with Crippen molar-refractivity contribution in [3.63, 3.8) is 0 Å². The third-order valence-electron chi connectivity index (χ3n) is 3.36. The lowest BCUT2D eigenvalue weighted by Gasteiger charge is -2.12. The van der Waals surface area contributed by atoms with Crippen LogP contribution in [0.5, 0.6) is 0 Å². The molecule has 0 fully saturated rings. The van der Waals surface area contributed by atoms with Gasteiger partial charge in [-0.05, 0) is 31.2 Å². The monoisotopic (exact) mass is 339 g/mol. The highest BCUT2D eigenvalue weighted by atomic mass is 35.5. The summed E-state index contributed by atoms with van der Waals surface area (Å²) in [5, 5.41) is 4.84. The quantitative estimate of drug-likeness (QED) is 0.685. The van der Waals surface area contributed by atoms with Crippen molar-refractivity contribution in [2.45, 2.75) is 6.92 Å². The van der Waals surface area contributed by atoms with Gasteiger partial charge in [-0.25, -0.2) is 4.98 Å². The Bertz CT molecular complexity index is 820. The van der Waals surface area contributed by atoms with E-state index in [0.29, 0.717) is 15.2 Å². The van der Waals surface area contributed by atoms with Crippen molar-refractivity contribution in [1.29, 1.82) is 0 Å². The molecule has 0 saturated heterocycles. The molecule has 0 radical (unpaired) electrons. The predicted octanol–water partition coefficient (Wildman–Crippen LogP) is 5.31. The number of imidazole rings is 1. The molecule has 2 aromatic heterocycles. The average Bonchev–Trinajstić information content (AvgIpc) is 2.75. The zero-order valence-corrected chi connectivity index (χ0v) is 13.7. The van der Waals surface area contributed by atoms with E-state index in [2.05, 4.69) is 10.3 Å². The molecule has 0 aliphatic rings. The smallest absolute Gasteiger partial charge is 0.147 e. The number of fused-ring (bicyclic) bond motifs is 1. The van der Waals surface area contributed by atoms with Gasteiger partial charge in [-0.2, -0.15) is 0 Å². The Hall–Kier alpha value is -1.42. The van der Waals surface area contributed by atoms with Gasteiger partial charge in [0.1, 0.15) is 16.6 Å². The molecule has 0 unspecified atom stereocenters. The van der Waals surface area contributed by atoms with E-state index in [1.54, 1.807) is 0 Å². The molecule has 3 rings (SSSR count). The second-order valence-corrected chi connectivity index (χ2v) is 5.80. The molecule has 2 heterocycles. The summed E-state index contributed by atoms with van der Waals surface area (Å²) >= 11 is 19.0. The van der Waals surface area contributed by atoms with Crippen molar-refractivity contribution in [3.8, 4) is 11.1 Å². The van der Waals surface area contributed by atoms with Crippen LogP contribution < -0.4 is 5.32 Å². The van der Waals surface area contributed by atoms with Crippen molar-refractivity contribution >= 4 is 46.3 Å². The number of halogens is 3. The predicted molar refractivity (Wildman–Crippen MR) is 89.9 cm³/mol. The third-order valence-corrected chi connectivity index (χ3v) is 4.43. The molecular formula is C15H12Cl3N3. The highest BCUT2D eigenvalue weighted by Gasteiger charge is 2.17. The standard InChI is InChI=1S/C15H12Cl3N3/c1-8-14(18)21-12(19-2)7-6-9(15(21)20-8)13-10(16)4-3-5-11(13)17/h3-7,19H,1-2H3. The van der Waals surface area contributed by atoms with Gasteiger partial charge in [0.2, 0.25) is 0 Å². The third kappa shape index (κ3) is 2.26. The van der Waals surface area contributed by atoms with Gasteiger partial charge in [0.15, 0.2) is 0 Å². The number of benzene rings is 1. The summed E-state index contributed by atoms with van der Waals surface area (Å²) < 4.78 is 1.85. The SMILES string of the molecule is CNc1ccc(-c2c(Cl)cccc2Cl)c2nc(C)c(Cl)n12. The molecular weight excluding hydrogens is 329 g/mol. The highest BCUT2D eigenvalue weighted by Crippen LogP contribution is 2.38. The zero-order valence-electron chi connectivity index (χ0n) is 11.4. The van der Waals surface area contributed by atoms with E-state index in [9.17, 15) is 0 Å². The second kappa shape index (κ2) is 5.41. The number of anilines is 1. The number of hydrogen-bond donors (Lipinski definition) is 1. The van der Waals surface area contributed by atoms with E-state index in [0.717, 1.165) is 28.3 Å². The number of aromatic nitrogens is 2. The fourth-order valence-corrected chi connectivity index (χ4v) is 3.18. The maximum atomic E-state index is 6.36. The van der Waals surface area contributed by atoms with E-state index >= 15 is 0 Å². The molecule has 108 valence electrons. The van der Waals surface area contributed by atoms with Gasteiger partial charge >= 0.3 is 0 Å². The molecule has 1 aromatic carbocycles. The molecule has 0 spiro atoms. The highest BCUT2D eigenvalue weighted by molar-refractivity contribution is 6.39. The van der Waals surface area contributed by atoms with E-state index in [1.807, 2.05) is 48.7 Å². The van der Waals surface area contributed by atoms with Crippen molar-refractivity contribution in [2.75, 3.05) is 12.4 Å². The molecule has 0 aliphatic carbocycles. The van der Waals surface area contributed by atoms with Crippen molar-refractivity contribution in [1.82, 2.24) is 9.38 Å². The van der Waals surface area contributed by atoms with Gasteiger partial charge in [-0.1, -0.05) is 40.9 Å². The summed E-state index contributed by atoms with van der Waals surface area (Å²) in [6.45, 7) is 1.87. The molecule has 0 bridgehead atoms. The molecule has 6 heteroatoms. The van der Waals surface area contributed by atoms with Gasteiger partial charge in [0, 0.05) is 18.2 Å². The van der Waals surface area contributed by atoms with Crippen molar-refractivity contribution in [2.24, 2.45) is 0 Å². The van der Waals surface area contributed by atoms with Gasteiger partial charge in [-0.3, -0.25) is 4.40 Å². The molecule has 0 amide bonds. The summed E-state index contributed by atoms with van der Waals surface area (Å²) in [5.41, 5.74) is 3.08. The van der Waals surface area contributed by atoms with Crippen LogP contribution in [0.1, 0.15) is 5.69 Å². The number of hydrogen-bond acceptors (Lipinski definition) is 2. The molecule has 0 saturated carbocycles. The summed E-state index contributed by atoms with van der Waals surface area (Å²) in [6, 6.07) is 9.30. The Balaban J connectivity index is 2.43. The first-order chi connectivity index (χ1) is 10.0. The van der Waals surface area contributed by atoms with Crippen LogP contribution in [0.3, 0.4) is 0 Å². The van der Waals surface area contributed by atoms with Crippen LogP contribution in [-0.4, -0.2) is 16.4 Å². The molecule has 1 N–H and O–H groups in total. The van der Waals surface area contributed by atoms with Crippen LogP contribution in [0.2, 0.25) is 15.2 Å². The molecule has 0 atom stereocenters. The number of nitrogens with zero attached hydrogens (tertiary/aromatic N) is 2. The van der Waals surface area contributed by atoms with Crippen molar-refractivity contribution < 1.29 is 0 Å². The van der Waals surface area contributed by atoms with Crippen LogP contribution in [0.25, 0.3) is 16.8 Å². The Morgan fingerprint density at radius 3 is 2.33 bits per heavy atom. The maximum absolute atomic E-state index is 6.36. The van der Waals surface area contributed by atoms with E-state index in [4.69, 9.17) is 34.8 Å². The fraction of sp³-hybridized carbons (Fsp3) is 0.133. The second-order valence-electron chi connectivity index (χ2n) is 4.63. The lowest BCUT2D eigenvalue weighted by Crippen LogP contribution is -1.99. The van der Waals surface area contributed by atoms with Crippen molar-refractivity contribution in [3.05, 3.63) is 51.2 Å². The normalized spacial score (nSPS) is 11.1. The van der Waals surface area contributed by atoms with E-state index in [-0.39, 0.29) is 0 Å². The van der Waals surface area contributed by atoms with Crippen LogP contribution in [0.15, 0.2) is 30.3 Å². The number of aryl methyl sites for hydroxylation is 1. The van der Waals surface area contributed by atoms with Gasteiger partial charge in [0.05, 0.1) is 15.7 Å².